The van der Waals surface area contributed by atoms with Gasteiger partial charge in [-0.2, -0.15) is 0 Å². The number of unbranched alkanes of at least 4 members (excludes halogenated alkanes) is 1. The van der Waals surface area contributed by atoms with Crippen molar-refractivity contribution in [2.45, 2.75) is 44.6 Å². The molecule has 11 N–H and O–H groups in total. The Morgan fingerprint density at radius 2 is 1.57 bits per heavy atom. The summed E-state index contributed by atoms with van der Waals surface area (Å²) in [5.74, 6) is -1.31. The monoisotopic (exact) mass is 334 g/mol. The van der Waals surface area contributed by atoms with Gasteiger partial charge in [-0.1, -0.05) is 0 Å². The van der Waals surface area contributed by atoms with Crippen LogP contribution in [0.25, 0.3) is 0 Å². The van der Waals surface area contributed by atoms with Crippen molar-refractivity contribution in [3.8, 4) is 0 Å². The average molecular weight is 334 g/mol. The summed E-state index contributed by atoms with van der Waals surface area (Å²) < 4.78 is 0. The second-order valence-corrected chi connectivity index (χ2v) is 5.90. The number of amides is 1. The standard InChI is InChI=1S/C15H33N5O3/c16-7-3-10-18-8-1-2-9-19-11-4-12-20-14(21)6-5-13(17)15(22)23/h13,18-19H,1-12,16-17H2,(H,20,21)(H,22,23)/p+3/t13-/m0/s1. The van der Waals surface area contributed by atoms with Crippen LogP contribution in [-0.4, -0.2) is 57.2 Å². The third-order valence-corrected chi connectivity index (χ3v) is 3.69. The molecule has 23 heavy (non-hydrogen) atoms. The summed E-state index contributed by atoms with van der Waals surface area (Å²) in [6.45, 7) is 6.18. The van der Waals surface area contributed by atoms with Crippen molar-refractivity contribution in [2.75, 3.05) is 39.3 Å². The maximum absolute atomic E-state index is 11.5. The number of nitrogens with one attached hydrogen (secondary N) is 1. The number of carbonyl (C=O) groups is 2. The Labute approximate surface area is 138 Å². The van der Waals surface area contributed by atoms with E-state index < -0.39 is 12.0 Å². The van der Waals surface area contributed by atoms with E-state index in [1.807, 2.05) is 0 Å². The van der Waals surface area contributed by atoms with Crippen LogP contribution in [-0.2, 0) is 9.59 Å². The minimum absolute atomic E-state index is 0.113. The normalized spacial score (nSPS) is 12.1. The highest BCUT2D eigenvalue weighted by molar-refractivity contribution is 5.77. The summed E-state index contributed by atoms with van der Waals surface area (Å²) in [5.41, 5.74) is 7.25. The smallest absolute Gasteiger partial charge is 0.220 e. The summed E-state index contributed by atoms with van der Waals surface area (Å²) in [4.78, 5) is 22.0. The third kappa shape index (κ3) is 15.4. The van der Waals surface area contributed by atoms with E-state index in [9.17, 15) is 14.7 Å². The number of hydrogen-bond donors (Lipinski definition) is 5. The number of nitrogens with two attached hydrogens (primary N) is 2. The van der Waals surface area contributed by atoms with Gasteiger partial charge in [-0.15, -0.1) is 0 Å². The zero-order valence-corrected chi connectivity index (χ0v) is 14.4. The van der Waals surface area contributed by atoms with E-state index in [1.165, 1.54) is 32.4 Å². The maximum Gasteiger partial charge on any atom is 0.220 e. The van der Waals surface area contributed by atoms with E-state index in [-0.39, 0.29) is 18.7 Å². The average Bonchev–Trinajstić information content (AvgIpc) is 2.53. The molecule has 0 aromatic carbocycles. The molecule has 1 atom stereocenters. The first-order valence-corrected chi connectivity index (χ1v) is 8.81. The van der Waals surface area contributed by atoms with E-state index in [1.54, 1.807) is 0 Å². The molecule has 8 heteroatoms. The molecule has 0 aromatic rings. The first-order chi connectivity index (χ1) is 11.1. The number of quaternary nitrogens is 4. The van der Waals surface area contributed by atoms with Crippen LogP contribution in [0.5, 0.6) is 0 Å². The van der Waals surface area contributed by atoms with Gasteiger partial charge >= 0.3 is 0 Å². The number of rotatable bonds is 16. The Morgan fingerprint density at radius 1 is 1.00 bits per heavy atom. The van der Waals surface area contributed by atoms with Crippen LogP contribution in [0, 0.1) is 0 Å². The SMILES string of the molecule is [NH3+]CCC[NH2+]CCCC[NH2+]CCCNC(=O)CC[C@H]([NH3+])C(=O)[O-]. The summed E-state index contributed by atoms with van der Waals surface area (Å²) in [5, 5.41) is 17.9. The number of aliphatic carboxylic acids is 1. The van der Waals surface area contributed by atoms with Gasteiger partial charge in [0.05, 0.1) is 38.7 Å². The predicted molar refractivity (Wildman–Crippen MR) is 83.5 cm³/mol. The lowest BCUT2D eigenvalue weighted by atomic mass is 10.1. The minimum atomic E-state index is -1.20. The molecule has 0 rings (SSSR count). The van der Waals surface area contributed by atoms with Gasteiger partial charge in [-0.3, -0.25) is 4.79 Å². The van der Waals surface area contributed by atoms with Gasteiger partial charge in [-0.05, 0) is 0 Å². The van der Waals surface area contributed by atoms with Crippen LogP contribution in [0.15, 0.2) is 0 Å². The lowest BCUT2D eigenvalue weighted by molar-refractivity contribution is -0.665. The van der Waals surface area contributed by atoms with Crippen LogP contribution in [0.2, 0.25) is 0 Å². The van der Waals surface area contributed by atoms with Crippen molar-refractivity contribution >= 4 is 11.9 Å². The van der Waals surface area contributed by atoms with E-state index >= 15 is 0 Å². The number of carboxylic acids is 1. The lowest BCUT2D eigenvalue weighted by Gasteiger charge is -2.09. The molecule has 0 spiro atoms. The molecular formula is C15H36N5O3+3. The second kappa shape index (κ2) is 15.7. The van der Waals surface area contributed by atoms with Gasteiger partial charge in [0.15, 0.2) is 0 Å². The van der Waals surface area contributed by atoms with E-state index in [0.717, 1.165) is 26.1 Å². The molecule has 0 saturated heterocycles. The van der Waals surface area contributed by atoms with Crippen molar-refractivity contribution in [1.29, 1.82) is 0 Å². The summed E-state index contributed by atoms with van der Waals surface area (Å²) in [6, 6.07) is -0.815. The van der Waals surface area contributed by atoms with Crippen LogP contribution < -0.4 is 32.5 Å². The molecule has 0 aromatic heterocycles. The fourth-order valence-corrected chi connectivity index (χ4v) is 2.14. The maximum atomic E-state index is 11.5. The molecule has 0 radical (unpaired) electrons. The van der Waals surface area contributed by atoms with Crippen LogP contribution in [0.3, 0.4) is 0 Å². The number of hydrogen-bond acceptors (Lipinski definition) is 3. The van der Waals surface area contributed by atoms with Crippen molar-refractivity contribution in [3.63, 3.8) is 0 Å². The summed E-state index contributed by atoms with van der Waals surface area (Å²) in [7, 11) is 0. The van der Waals surface area contributed by atoms with Gasteiger partial charge in [0, 0.05) is 45.1 Å². The Hall–Kier alpha value is -1.22. The molecule has 0 heterocycles. The van der Waals surface area contributed by atoms with Gasteiger partial charge in [0.1, 0.15) is 6.04 Å². The molecule has 0 aliphatic carbocycles. The number of carboxylic acid groups (broad SMARTS) is 1. The lowest BCUT2D eigenvalue weighted by Crippen LogP contribution is -2.86. The number of carbonyl (C=O) groups excluding carboxylic acids is 2. The predicted octanol–water partition coefficient (Wildman–Crippen LogP) is -5.83. The molecule has 0 aliphatic heterocycles. The van der Waals surface area contributed by atoms with Gasteiger partial charge in [-0.25, -0.2) is 0 Å². The topological polar surface area (TPSA) is 158 Å². The van der Waals surface area contributed by atoms with Crippen molar-refractivity contribution in [1.82, 2.24) is 5.32 Å². The van der Waals surface area contributed by atoms with Crippen molar-refractivity contribution in [3.05, 3.63) is 0 Å². The highest BCUT2D eigenvalue weighted by atomic mass is 16.4. The molecule has 0 unspecified atom stereocenters. The zero-order chi connectivity index (χ0) is 17.3. The molecule has 0 fully saturated rings. The fourth-order valence-electron chi connectivity index (χ4n) is 2.14. The Kier molecular flexibility index (Phi) is 14.8. The van der Waals surface area contributed by atoms with E-state index in [4.69, 9.17) is 0 Å². The molecule has 0 bridgehead atoms. The van der Waals surface area contributed by atoms with Crippen LogP contribution in [0.4, 0.5) is 0 Å². The zero-order valence-electron chi connectivity index (χ0n) is 14.4. The highest BCUT2D eigenvalue weighted by Crippen LogP contribution is 1.91. The summed E-state index contributed by atoms with van der Waals surface area (Å²) >= 11 is 0. The van der Waals surface area contributed by atoms with Gasteiger partial charge in [0.25, 0.3) is 0 Å². The summed E-state index contributed by atoms with van der Waals surface area (Å²) in [6.07, 6.45) is 5.01. The third-order valence-electron chi connectivity index (χ3n) is 3.69. The van der Waals surface area contributed by atoms with Crippen molar-refractivity contribution < 1.29 is 36.8 Å². The van der Waals surface area contributed by atoms with E-state index in [0.29, 0.717) is 6.54 Å². The van der Waals surface area contributed by atoms with Crippen molar-refractivity contribution in [2.24, 2.45) is 0 Å². The minimum Gasteiger partial charge on any atom is -0.544 e. The van der Waals surface area contributed by atoms with Crippen LogP contribution >= 0.6 is 0 Å². The Morgan fingerprint density at radius 3 is 2.13 bits per heavy atom. The molecular weight excluding hydrogens is 298 g/mol. The fraction of sp³-hybridized carbons (Fsp3) is 0.867. The van der Waals surface area contributed by atoms with Gasteiger partial charge < -0.3 is 37.3 Å². The van der Waals surface area contributed by atoms with Gasteiger partial charge in [0.2, 0.25) is 5.91 Å². The molecule has 136 valence electrons. The van der Waals surface area contributed by atoms with E-state index in [2.05, 4.69) is 27.4 Å². The molecule has 1 amide bonds. The van der Waals surface area contributed by atoms with Crippen LogP contribution in [0.1, 0.15) is 38.5 Å². The second-order valence-electron chi connectivity index (χ2n) is 5.90. The Bertz CT molecular complexity index is 315. The quantitative estimate of drug-likeness (QED) is 0.178. The highest BCUT2D eigenvalue weighted by Gasteiger charge is 2.10. The first-order valence-electron chi connectivity index (χ1n) is 8.81. The Balaban J connectivity index is 3.23. The molecule has 0 aliphatic rings. The molecule has 8 nitrogen and oxygen atoms in total. The first kappa shape index (κ1) is 21.8. The largest absolute Gasteiger partial charge is 0.544 e. The molecule has 0 saturated carbocycles.